The maximum Gasteiger partial charge on any atom is 0.514 e. The second-order valence-electron chi connectivity index (χ2n) is 16.9. The number of alkyl halides is 1. The number of aliphatic hydroxyl groups excluding tert-OH is 1. The van der Waals surface area contributed by atoms with Crippen LogP contribution in [0.4, 0.5) is 9.18 Å². The molecule has 1 aromatic rings. The highest BCUT2D eigenvalue weighted by molar-refractivity contribution is 6.01. The zero-order valence-electron chi connectivity index (χ0n) is 36.2. The number of ether oxygens (including phenoxy) is 5. The van der Waals surface area contributed by atoms with E-state index < -0.39 is 105 Å². The molecule has 0 spiro atoms. The van der Waals surface area contributed by atoms with Gasteiger partial charge in [-0.15, -0.1) is 0 Å². The van der Waals surface area contributed by atoms with Crippen LogP contribution in [-0.4, -0.2) is 139 Å². The van der Waals surface area contributed by atoms with Gasteiger partial charge in [0.05, 0.1) is 48.2 Å². The number of Topliss-reactive ketones (excluding diaryl/α,β-unsaturated/α-hetero) is 1. The summed E-state index contributed by atoms with van der Waals surface area (Å²) in [5, 5.41) is 63.2. The summed E-state index contributed by atoms with van der Waals surface area (Å²) < 4.78 is 45.2. The van der Waals surface area contributed by atoms with Crippen LogP contribution in [0.15, 0.2) is 42.0 Å². The third-order valence-electron chi connectivity index (χ3n) is 13.3. The molecule has 0 aliphatic heterocycles. The molecular formula is C41H56FN3O20. The summed E-state index contributed by atoms with van der Waals surface area (Å²) >= 11 is 0. The standard InChI is InChI=1S/C41H56FN3O20/c1-24-18-30-29-12-11-26-20-27(46)14-15-38(26,2)40(29,42)33(47)21-39(30,3)41(24,64-35(49)9-7-17-61-43(52)53)34(48)23-60-37(51)63-31-13-10-25(19-32(31)58-4)36(50)59-16-6-5-8-28(65-45(56)57)22-62-44(54)55/h10,13-15,19-20,24,28-30,33,47,52-57H,5-9,11-12,16-18,21-23H2,1-4H3/t24?,28?,29?,30?,33-,38-,39-,40-,41-/m0/s1. The number of halogens is 1. The highest BCUT2D eigenvalue weighted by Gasteiger charge is 2.77. The van der Waals surface area contributed by atoms with Crippen molar-refractivity contribution < 1.29 is 103 Å². The van der Waals surface area contributed by atoms with Crippen LogP contribution in [0.5, 0.6) is 11.5 Å². The Morgan fingerprint density at radius 1 is 0.923 bits per heavy atom. The Morgan fingerprint density at radius 2 is 1.65 bits per heavy atom. The van der Waals surface area contributed by atoms with E-state index in [0.717, 1.165) is 0 Å². The van der Waals surface area contributed by atoms with Gasteiger partial charge in [-0.3, -0.25) is 50.5 Å². The molecule has 0 amide bonds. The summed E-state index contributed by atoms with van der Waals surface area (Å²) in [6, 6.07) is 3.69. The summed E-state index contributed by atoms with van der Waals surface area (Å²) in [5.74, 6) is -5.46. The van der Waals surface area contributed by atoms with E-state index in [0.29, 0.717) is 18.4 Å². The minimum Gasteiger partial charge on any atom is -0.493 e. The second kappa shape index (κ2) is 21.4. The van der Waals surface area contributed by atoms with E-state index >= 15 is 4.39 Å². The summed E-state index contributed by atoms with van der Waals surface area (Å²) in [6.45, 7) is 3.07. The normalized spacial score (nSPS) is 29.7. The molecule has 9 atom stereocenters. The molecule has 3 fully saturated rings. The topological polar surface area (TPSA) is 311 Å². The van der Waals surface area contributed by atoms with E-state index in [2.05, 4.69) is 14.5 Å². The lowest BCUT2D eigenvalue weighted by Gasteiger charge is -2.62. The van der Waals surface area contributed by atoms with Gasteiger partial charge >= 0.3 is 18.1 Å². The van der Waals surface area contributed by atoms with Gasteiger partial charge in [0.15, 0.2) is 35.2 Å². The van der Waals surface area contributed by atoms with Crippen LogP contribution in [-0.2, 0) is 43.1 Å². The lowest BCUT2D eigenvalue weighted by atomic mass is 9.44. The first-order valence-electron chi connectivity index (χ1n) is 20.8. The van der Waals surface area contributed by atoms with Crippen molar-refractivity contribution in [3.8, 4) is 11.5 Å². The molecule has 0 saturated heterocycles. The number of rotatable bonds is 22. The molecule has 4 aliphatic rings. The third kappa shape index (κ3) is 10.9. The SMILES string of the molecule is COc1cc(C(=O)OCCCCC(CON(O)O)ON(O)O)ccc1OC(=O)OCC(=O)[C@@]1(OC(=O)CCCON(O)O)C(C)CC2C3CCC4=CC(=O)C=C[C@]4(C)[C@@]3(F)[C@@H](O)C[C@@]21C. The summed E-state index contributed by atoms with van der Waals surface area (Å²) in [5.41, 5.74) is -6.54. The highest BCUT2D eigenvalue weighted by Crippen LogP contribution is 2.71. The van der Waals surface area contributed by atoms with Crippen molar-refractivity contribution in [2.45, 2.75) is 102 Å². The minimum absolute atomic E-state index is 0.00732. The van der Waals surface area contributed by atoms with E-state index in [1.54, 1.807) is 20.8 Å². The van der Waals surface area contributed by atoms with E-state index in [9.17, 15) is 29.1 Å². The fourth-order valence-electron chi connectivity index (χ4n) is 10.4. The first-order chi connectivity index (χ1) is 30.6. The molecule has 0 heterocycles. The molecule has 4 unspecified atom stereocenters. The molecule has 362 valence electrons. The van der Waals surface area contributed by atoms with Crippen molar-refractivity contribution in [3.63, 3.8) is 0 Å². The van der Waals surface area contributed by atoms with Gasteiger partial charge in [-0.25, -0.2) is 23.7 Å². The Bertz CT molecular complexity index is 1970. The molecule has 65 heavy (non-hydrogen) atoms. The van der Waals surface area contributed by atoms with Crippen molar-refractivity contribution in [1.82, 2.24) is 16.2 Å². The molecule has 0 radical (unpaired) electrons. The fraction of sp³-hybridized carbons (Fsp3) is 0.634. The number of nitrogens with zero attached hydrogens (tertiary/aromatic N) is 3. The van der Waals surface area contributed by atoms with Crippen molar-refractivity contribution in [1.29, 1.82) is 0 Å². The highest BCUT2D eigenvalue weighted by atomic mass is 19.1. The smallest absolute Gasteiger partial charge is 0.493 e. The number of carbonyl (C=O) groups excluding carboxylic acids is 5. The molecular weight excluding hydrogens is 873 g/mol. The van der Waals surface area contributed by atoms with Gasteiger partial charge in [0.1, 0.15) is 12.7 Å². The number of hydrogen-bond donors (Lipinski definition) is 7. The zero-order chi connectivity index (χ0) is 47.9. The fourth-order valence-corrected chi connectivity index (χ4v) is 10.4. The maximum absolute atomic E-state index is 17.9. The molecule has 7 N–H and O–H groups in total. The minimum atomic E-state index is -2.26. The average Bonchev–Trinajstić information content (AvgIpc) is 3.45. The van der Waals surface area contributed by atoms with Crippen molar-refractivity contribution in [2.75, 3.05) is 33.5 Å². The van der Waals surface area contributed by atoms with Crippen LogP contribution in [0.25, 0.3) is 0 Å². The summed E-state index contributed by atoms with van der Waals surface area (Å²) in [7, 11) is 1.23. The predicted molar refractivity (Wildman–Crippen MR) is 208 cm³/mol. The first kappa shape index (κ1) is 51.4. The Balaban J connectivity index is 1.27. The first-order valence-corrected chi connectivity index (χ1v) is 20.8. The monoisotopic (exact) mass is 929 g/mol. The van der Waals surface area contributed by atoms with Gasteiger partial charge in [0.2, 0.25) is 5.78 Å². The Kier molecular flexibility index (Phi) is 16.9. The number of fused-ring (bicyclic) bond motifs is 5. The molecule has 3 saturated carbocycles. The largest absolute Gasteiger partial charge is 0.514 e. The molecule has 0 aromatic heterocycles. The second-order valence-corrected chi connectivity index (χ2v) is 16.9. The number of allylic oxidation sites excluding steroid dienone is 4. The Morgan fingerprint density at radius 3 is 2.32 bits per heavy atom. The Hall–Kier alpha value is -4.54. The number of ketones is 2. The summed E-state index contributed by atoms with van der Waals surface area (Å²) in [4.78, 5) is 80.1. The van der Waals surface area contributed by atoms with Gasteiger partial charge in [0.25, 0.3) is 0 Å². The average molecular weight is 930 g/mol. The molecule has 24 heteroatoms. The van der Waals surface area contributed by atoms with Gasteiger partial charge in [-0.2, -0.15) is 0 Å². The molecule has 1 aromatic carbocycles. The van der Waals surface area contributed by atoms with Crippen LogP contribution in [0.2, 0.25) is 0 Å². The van der Waals surface area contributed by atoms with E-state index in [-0.39, 0.29) is 81.0 Å². The number of methoxy groups -OCH3 is 1. The number of unbranched alkanes of at least 4 members (excludes halogenated alkanes) is 1. The third-order valence-corrected chi connectivity index (χ3v) is 13.3. The van der Waals surface area contributed by atoms with Crippen molar-refractivity contribution in [2.24, 2.45) is 28.6 Å². The number of hydrogen-bond acceptors (Lipinski definition) is 23. The van der Waals surface area contributed by atoms with Gasteiger partial charge in [0, 0.05) is 29.1 Å². The quantitative estimate of drug-likeness (QED) is 0.0282. The van der Waals surface area contributed by atoms with Gasteiger partial charge < -0.3 is 28.8 Å². The summed E-state index contributed by atoms with van der Waals surface area (Å²) in [6.07, 6.45) is 0.729. The van der Waals surface area contributed by atoms with Crippen LogP contribution in [0.3, 0.4) is 0 Å². The van der Waals surface area contributed by atoms with E-state index in [1.807, 2.05) is 0 Å². The maximum atomic E-state index is 17.9. The molecule has 5 rings (SSSR count). The lowest BCUT2D eigenvalue weighted by molar-refractivity contribution is -0.527. The number of carbonyl (C=O) groups is 5. The number of benzene rings is 1. The van der Waals surface area contributed by atoms with Crippen LogP contribution < -0.4 is 9.47 Å². The molecule has 23 nitrogen and oxygen atoms in total. The van der Waals surface area contributed by atoms with Crippen molar-refractivity contribution in [3.05, 3.63) is 47.6 Å². The van der Waals surface area contributed by atoms with Crippen LogP contribution in [0, 0.1) is 28.6 Å². The van der Waals surface area contributed by atoms with Gasteiger partial charge in [-0.1, -0.05) is 25.5 Å². The number of aliphatic hydroxyl groups is 1. The van der Waals surface area contributed by atoms with Gasteiger partial charge in [-0.05, 0) is 94.6 Å². The lowest BCUT2D eigenvalue weighted by Crippen LogP contribution is -2.70. The predicted octanol–water partition coefficient (Wildman–Crippen LogP) is 4.19. The molecule has 0 bridgehead atoms. The van der Waals surface area contributed by atoms with Crippen LogP contribution in [0.1, 0.15) is 88.9 Å². The molecule has 4 aliphatic carbocycles. The van der Waals surface area contributed by atoms with E-state index in [4.69, 9.17) is 54.9 Å². The van der Waals surface area contributed by atoms with Crippen molar-refractivity contribution >= 4 is 29.7 Å². The van der Waals surface area contributed by atoms with E-state index in [1.165, 1.54) is 43.5 Å². The number of esters is 2. The van der Waals surface area contributed by atoms with Crippen LogP contribution >= 0.6 is 0 Å². The zero-order valence-corrected chi connectivity index (χ0v) is 36.2. The Labute approximate surface area is 371 Å².